The normalized spacial score (nSPS) is 18.2. The molecule has 2 heterocycles. The maximum Gasteiger partial charge on any atom is 0.494 e. The van der Waals surface area contributed by atoms with E-state index in [4.69, 9.17) is 13.7 Å². The summed E-state index contributed by atoms with van der Waals surface area (Å²) in [4.78, 5) is 0. The molecular formula is C24H23BO3. The van der Waals surface area contributed by atoms with Crippen LogP contribution in [0.1, 0.15) is 27.7 Å². The average Bonchev–Trinajstić information content (AvgIpc) is 3.19. The Hall–Kier alpha value is -2.56. The second kappa shape index (κ2) is 5.97. The van der Waals surface area contributed by atoms with Gasteiger partial charge in [0.2, 0.25) is 0 Å². The first-order valence-electron chi connectivity index (χ1n) is 9.71. The van der Waals surface area contributed by atoms with Crippen molar-refractivity contribution in [3.8, 4) is 11.3 Å². The molecule has 28 heavy (non-hydrogen) atoms. The standard InChI is InChI=1S/C24H23BO3/c1-23(2)24(3,4)28-25(27-23)20-12-11-16-9-10-18(13-19(16)14-20)22-15-17-7-5-6-8-21(17)26-22/h5-15H,1-4H3. The smallest absolute Gasteiger partial charge is 0.456 e. The third-order valence-corrected chi connectivity index (χ3v) is 6.10. The van der Waals surface area contributed by atoms with Crippen LogP contribution in [-0.4, -0.2) is 18.3 Å². The predicted octanol–water partition coefficient (Wildman–Crippen LogP) is 5.55. The third-order valence-electron chi connectivity index (χ3n) is 6.10. The maximum atomic E-state index is 6.21. The summed E-state index contributed by atoms with van der Waals surface area (Å²) in [5, 5.41) is 3.44. The van der Waals surface area contributed by atoms with Crippen LogP contribution < -0.4 is 5.46 Å². The Morgan fingerprint density at radius 1 is 0.679 bits per heavy atom. The number of para-hydroxylation sites is 1. The highest BCUT2D eigenvalue weighted by molar-refractivity contribution is 6.62. The molecule has 1 aromatic heterocycles. The van der Waals surface area contributed by atoms with Gasteiger partial charge in [0.25, 0.3) is 0 Å². The highest BCUT2D eigenvalue weighted by atomic mass is 16.7. The lowest BCUT2D eigenvalue weighted by molar-refractivity contribution is 0.00578. The lowest BCUT2D eigenvalue weighted by atomic mass is 9.78. The Morgan fingerprint density at radius 2 is 1.39 bits per heavy atom. The molecule has 3 aromatic carbocycles. The fourth-order valence-electron chi connectivity index (χ4n) is 3.67. The number of fused-ring (bicyclic) bond motifs is 2. The van der Waals surface area contributed by atoms with Crippen LogP contribution in [0.15, 0.2) is 71.1 Å². The van der Waals surface area contributed by atoms with Crippen LogP contribution in [0.25, 0.3) is 33.1 Å². The minimum atomic E-state index is -0.357. The van der Waals surface area contributed by atoms with Crippen molar-refractivity contribution in [2.75, 3.05) is 0 Å². The van der Waals surface area contributed by atoms with Crippen LogP contribution in [0.3, 0.4) is 0 Å². The van der Waals surface area contributed by atoms with Crippen LogP contribution in [-0.2, 0) is 9.31 Å². The SMILES string of the molecule is CC1(C)OB(c2ccc3ccc(-c4cc5ccccc5o4)cc3c2)OC1(C)C. The molecule has 1 aliphatic rings. The number of benzene rings is 3. The average molecular weight is 370 g/mol. The molecule has 4 aromatic rings. The number of hydrogen-bond donors (Lipinski definition) is 0. The van der Waals surface area contributed by atoms with E-state index in [1.165, 1.54) is 5.39 Å². The summed E-state index contributed by atoms with van der Waals surface area (Å²) in [6.45, 7) is 8.31. The summed E-state index contributed by atoms with van der Waals surface area (Å²) >= 11 is 0. The number of rotatable bonds is 2. The van der Waals surface area contributed by atoms with E-state index < -0.39 is 0 Å². The summed E-state index contributed by atoms with van der Waals surface area (Å²) in [6, 6.07) is 23.0. The molecule has 1 saturated heterocycles. The lowest BCUT2D eigenvalue weighted by Gasteiger charge is -2.32. The van der Waals surface area contributed by atoms with Gasteiger partial charge < -0.3 is 13.7 Å². The van der Waals surface area contributed by atoms with Gasteiger partial charge in [-0.15, -0.1) is 0 Å². The first-order valence-corrected chi connectivity index (χ1v) is 9.71. The zero-order valence-electron chi connectivity index (χ0n) is 16.7. The van der Waals surface area contributed by atoms with E-state index in [1.807, 2.05) is 18.2 Å². The van der Waals surface area contributed by atoms with Gasteiger partial charge in [-0.2, -0.15) is 0 Å². The van der Waals surface area contributed by atoms with Gasteiger partial charge >= 0.3 is 7.12 Å². The van der Waals surface area contributed by atoms with Gasteiger partial charge in [0.05, 0.1) is 11.2 Å². The fraction of sp³-hybridized carbons (Fsp3) is 0.250. The summed E-state index contributed by atoms with van der Waals surface area (Å²) < 4.78 is 18.5. The van der Waals surface area contributed by atoms with Crippen molar-refractivity contribution in [2.45, 2.75) is 38.9 Å². The van der Waals surface area contributed by atoms with Gasteiger partial charge in [-0.1, -0.05) is 48.5 Å². The van der Waals surface area contributed by atoms with E-state index >= 15 is 0 Å². The van der Waals surface area contributed by atoms with E-state index in [0.29, 0.717) is 0 Å². The van der Waals surface area contributed by atoms with Gasteiger partial charge in [-0.25, -0.2) is 0 Å². The second-order valence-electron chi connectivity index (χ2n) is 8.56. The van der Waals surface area contributed by atoms with E-state index in [0.717, 1.165) is 33.1 Å². The Balaban J connectivity index is 1.54. The van der Waals surface area contributed by atoms with E-state index in [-0.39, 0.29) is 18.3 Å². The molecule has 0 atom stereocenters. The fourth-order valence-corrected chi connectivity index (χ4v) is 3.67. The number of furan rings is 1. The summed E-state index contributed by atoms with van der Waals surface area (Å²) in [7, 11) is -0.357. The molecule has 1 fully saturated rings. The van der Waals surface area contributed by atoms with Crippen LogP contribution >= 0.6 is 0 Å². The van der Waals surface area contributed by atoms with Crippen molar-refractivity contribution < 1.29 is 13.7 Å². The predicted molar refractivity (Wildman–Crippen MR) is 115 cm³/mol. The molecule has 0 aliphatic carbocycles. The topological polar surface area (TPSA) is 31.6 Å². The number of hydrogen-bond acceptors (Lipinski definition) is 3. The molecule has 3 nitrogen and oxygen atoms in total. The van der Waals surface area contributed by atoms with E-state index in [1.54, 1.807) is 0 Å². The van der Waals surface area contributed by atoms with Crippen molar-refractivity contribution in [1.29, 1.82) is 0 Å². The van der Waals surface area contributed by atoms with E-state index in [9.17, 15) is 0 Å². The van der Waals surface area contributed by atoms with Crippen molar-refractivity contribution in [1.82, 2.24) is 0 Å². The van der Waals surface area contributed by atoms with Crippen LogP contribution in [0.2, 0.25) is 0 Å². The van der Waals surface area contributed by atoms with Crippen molar-refractivity contribution in [3.63, 3.8) is 0 Å². The van der Waals surface area contributed by atoms with Crippen molar-refractivity contribution >= 4 is 34.3 Å². The third kappa shape index (κ3) is 2.76. The molecule has 140 valence electrons. The quantitative estimate of drug-likeness (QED) is 0.434. The molecule has 0 bridgehead atoms. The Morgan fingerprint density at radius 3 is 2.14 bits per heavy atom. The van der Waals surface area contributed by atoms with Gasteiger partial charge in [0.15, 0.2) is 0 Å². The van der Waals surface area contributed by atoms with Crippen LogP contribution in [0.4, 0.5) is 0 Å². The maximum absolute atomic E-state index is 6.21. The zero-order chi connectivity index (χ0) is 19.5. The van der Waals surface area contributed by atoms with Gasteiger partial charge in [-0.05, 0) is 62.1 Å². The minimum absolute atomic E-state index is 0.344. The Bertz CT molecular complexity index is 1140. The molecular weight excluding hydrogens is 347 g/mol. The zero-order valence-corrected chi connectivity index (χ0v) is 16.7. The first-order chi connectivity index (χ1) is 13.3. The van der Waals surface area contributed by atoms with E-state index in [2.05, 4.69) is 76.2 Å². The highest BCUT2D eigenvalue weighted by Crippen LogP contribution is 2.37. The van der Waals surface area contributed by atoms with Crippen LogP contribution in [0.5, 0.6) is 0 Å². The van der Waals surface area contributed by atoms with Gasteiger partial charge in [0, 0.05) is 10.9 Å². The summed E-state index contributed by atoms with van der Waals surface area (Å²) in [5.41, 5.74) is 2.32. The monoisotopic (exact) mass is 370 g/mol. The van der Waals surface area contributed by atoms with Gasteiger partial charge in [-0.3, -0.25) is 0 Å². The molecule has 0 saturated carbocycles. The Kier molecular flexibility index (Phi) is 3.74. The summed E-state index contributed by atoms with van der Waals surface area (Å²) in [6.07, 6.45) is 0. The van der Waals surface area contributed by atoms with Crippen molar-refractivity contribution in [3.05, 3.63) is 66.7 Å². The molecule has 1 aliphatic heterocycles. The first kappa shape index (κ1) is 17.5. The molecule has 4 heteroatoms. The van der Waals surface area contributed by atoms with Gasteiger partial charge in [0.1, 0.15) is 11.3 Å². The summed E-state index contributed by atoms with van der Waals surface area (Å²) in [5.74, 6) is 0.879. The Labute approximate surface area is 165 Å². The molecule has 0 radical (unpaired) electrons. The molecule has 5 rings (SSSR count). The van der Waals surface area contributed by atoms with Crippen molar-refractivity contribution in [2.24, 2.45) is 0 Å². The highest BCUT2D eigenvalue weighted by Gasteiger charge is 2.51. The molecule has 0 amide bonds. The molecule has 0 spiro atoms. The minimum Gasteiger partial charge on any atom is -0.456 e. The van der Waals surface area contributed by atoms with Crippen LogP contribution in [0, 0.1) is 0 Å². The molecule has 0 N–H and O–H groups in total. The second-order valence-corrected chi connectivity index (χ2v) is 8.56. The molecule has 0 unspecified atom stereocenters. The lowest BCUT2D eigenvalue weighted by Crippen LogP contribution is -2.41. The largest absolute Gasteiger partial charge is 0.494 e.